The first kappa shape index (κ1) is 9.61. The predicted molar refractivity (Wildman–Crippen MR) is 55.6 cm³/mol. The van der Waals surface area contributed by atoms with E-state index in [0.717, 1.165) is 24.5 Å². The molecule has 1 aliphatic heterocycles. The lowest BCUT2D eigenvalue weighted by Crippen LogP contribution is -2.36. The second-order valence-corrected chi connectivity index (χ2v) is 4.48. The van der Waals surface area contributed by atoms with Crippen LogP contribution in [0.5, 0.6) is 0 Å². The SMILES string of the molecule is Cc1nc(C(=O)NC2CCNC2)cs1. The van der Waals surface area contributed by atoms with Gasteiger partial charge in [-0.25, -0.2) is 4.98 Å². The highest BCUT2D eigenvalue weighted by molar-refractivity contribution is 7.09. The Balaban J connectivity index is 1.95. The van der Waals surface area contributed by atoms with Crippen LogP contribution in [0.15, 0.2) is 5.38 Å². The molecule has 1 aliphatic rings. The van der Waals surface area contributed by atoms with Crippen molar-refractivity contribution < 1.29 is 4.79 Å². The van der Waals surface area contributed by atoms with E-state index >= 15 is 0 Å². The molecule has 0 radical (unpaired) electrons. The van der Waals surface area contributed by atoms with Gasteiger partial charge >= 0.3 is 0 Å². The maximum Gasteiger partial charge on any atom is 0.271 e. The average Bonchev–Trinajstić information content (AvgIpc) is 2.75. The highest BCUT2D eigenvalue weighted by atomic mass is 32.1. The molecule has 1 unspecified atom stereocenters. The van der Waals surface area contributed by atoms with Crippen LogP contribution in [0.3, 0.4) is 0 Å². The Morgan fingerprint density at radius 3 is 3.21 bits per heavy atom. The van der Waals surface area contributed by atoms with E-state index < -0.39 is 0 Å². The summed E-state index contributed by atoms with van der Waals surface area (Å²) in [5.74, 6) is -0.0527. The van der Waals surface area contributed by atoms with E-state index in [4.69, 9.17) is 0 Å². The number of carbonyl (C=O) groups excluding carboxylic acids is 1. The van der Waals surface area contributed by atoms with E-state index in [1.165, 1.54) is 11.3 Å². The van der Waals surface area contributed by atoms with Crippen molar-refractivity contribution in [1.82, 2.24) is 15.6 Å². The van der Waals surface area contributed by atoms with Crippen LogP contribution in [-0.4, -0.2) is 30.0 Å². The monoisotopic (exact) mass is 211 g/mol. The van der Waals surface area contributed by atoms with Crippen LogP contribution in [0.4, 0.5) is 0 Å². The second kappa shape index (κ2) is 4.06. The van der Waals surface area contributed by atoms with Crippen LogP contribution in [0, 0.1) is 6.92 Å². The smallest absolute Gasteiger partial charge is 0.271 e. The summed E-state index contributed by atoms with van der Waals surface area (Å²) in [5, 5.41) is 8.88. The van der Waals surface area contributed by atoms with Gasteiger partial charge in [0, 0.05) is 18.0 Å². The van der Waals surface area contributed by atoms with Crippen molar-refractivity contribution >= 4 is 17.2 Å². The molecule has 0 aromatic carbocycles. The summed E-state index contributed by atoms with van der Waals surface area (Å²) >= 11 is 1.50. The number of hydrogen-bond acceptors (Lipinski definition) is 4. The quantitative estimate of drug-likeness (QED) is 0.751. The van der Waals surface area contributed by atoms with Gasteiger partial charge in [-0.1, -0.05) is 0 Å². The number of amides is 1. The summed E-state index contributed by atoms with van der Waals surface area (Å²) in [6.45, 7) is 3.76. The van der Waals surface area contributed by atoms with Crippen molar-refractivity contribution in [3.05, 3.63) is 16.1 Å². The standard InChI is InChI=1S/C9H13N3OS/c1-6-11-8(5-14-6)9(13)12-7-2-3-10-4-7/h5,7,10H,2-4H2,1H3,(H,12,13). The Morgan fingerprint density at radius 2 is 2.64 bits per heavy atom. The Morgan fingerprint density at radius 1 is 1.79 bits per heavy atom. The minimum Gasteiger partial charge on any atom is -0.347 e. The summed E-state index contributed by atoms with van der Waals surface area (Å²) in [6.07, 6.45) is 1.01. The van der Waals surface area contributed by atoms with E-state index in [9.17, 15) is 4.79 Å². The van der Waals surface area contributed by atoms with Crippen molar-refractivity contribution in [2.24, 2.45) is 0 Å². The largest absolute Gasteiger partial charge is 0.347 e. The van der Waals surface area contributed by atoms with E-state index in [0.29, 0.717) is 5.69 Å². The average molecular weight is 211 g/mol. The molecular formula is C9H13N3OS. The number of nitrogens with zero attached hydrogens (tertiary/aromatic N) is 1. The molecule has 2 rings (SSSR count). The molecule has 0 bridgehead atoms. The number of carbonyl (C=O) groups is 1. The Labute approximate surface area is 86.7 Å². The Kier molecular flexibility index (Phi) is 2.79. The third-order valence-corrected chi connectivity index (χ3v) is 3.02. The predicted octanol–water partition coefficient (Wildman–Crippen LogP) is 0.543. The summed E-state index contributed by atoms with van der Waals surface area (Å²) in [5.41, 5.74) is 0.541. The number of hydrogen-bond donors (Lipinski definition) is 2. The molecule has 0 spiro atoms. The van der Waals surface area contributed by atoms with Gasteiger partial charge in [0.05, 0.1) is 5.01 Å². The van der Waals surface area contributed by atoms with E-state index in [1.54, 1.807) is 5.38 Å². The Bertz CT molecular complexity index is 331. The summed E-state index contributed by atoms with van der Waals surface area (Å²) in [7, 11) is 0. The van der Waals surface area contributed by atoms with Crippen LogP contribution in [0.1, 0.15) is 21.9 Å². The lowest BCUT2D eigenvalue weighted by Gasteiger charge is -2.09. The van der Waals surface area contributed by atoms with Crippen molar-refractivity contribution in [3.63, 3.8) is 0 Å². The fourth-order valence-electron chi connectivity index (χ4n) is 1.50. The molecule has 0 saturated carbocycles. The van der Waals surface area contributed by atoms with Crippen LogP contribution in [0.25, 0.3) is 0 Å². The number of rotatable bonds is 2. The first-order chi connectivity index (χ1) is 6.75. The normalized spacial score (nSPS) is 21.1. The molecule has 0 aliphatic carbocycles. The molecule has 1 atom stereocenters. The molecule has 76 valence electrons. The molecule has 1 amide bonds. The van der Waals surface area contributed by atoms with Gasteiger partial charge in [0.2, 0.25) is 0 Å². The molecule has 1 fully saturated rings. The van der Waals surface area contributed by atoms with Crippen LogP contribution in [0.2, 0.25) is 0 Å². The molecule has 4 nitrogen and oxygen atoms in total. The van der Waals surface area contributed by atoms with E-state index in [2.05, 4.69) is 15.6 Å². The lowest BCUT2D eigenvalue weighted by atomic mass is 10.2. The maximum absolute atomic E-state index is 11.6. The van der Waals surface area contributed by atoms with E-state index in [-0.39, 0.29) is 11.9 Å². The summed E-state index contributed by atoms with van der Waals surface area (Å²) in [4.78, 5) is 15.8. The second-order valence-electron chi connectivity index (χ2n) is 3.41. The highest BCUT2D eigenvalue weighted by Crippen LogP contribution is 2.08. The third-order valence-electron chi connectivity index (χ3n) is 2.25. The van der Waals surface area contributed by atoms with Gasteiger partial charge in [-0.3, -0.25) is 4.79 Å². The number of aromatic nitrogens is 1. The topological polar surface area (TPSA) is 54.0 Å². The van der Waals surface area contributed by atoms with Gasteiger partial charge in [0.25, 0.3) is 5.91 Å². The fraction of sp³-hybridized carbons (Fsp3) is 0.556. The zero-order chi connectivity index (χ0) is 9.97. The van der Waals surface area contributed by atoms with Gasteiger partial charge in [-0.05, 0) is 19.9 Å². The molecule has 2 N–H and O–H groups in total. The minimum absolute atomic E-state index is 0.0527. The molecule has 1 aromatic heterocycles. The first-order valence-electron chi connectivity index (χ1n) is 4.69. The number of thiazole rings is 1. The zero-order valence-electron chi connectivity index (χ0n) is 8.04. The van der Waals surface area contributed by atoms with Crippen molar-refractivity contribution in [2.75, 3.05) is 13.1 Å². The van der Waals surface area contributed by atoms with Crippen LogP contribution in [-0.2, 0) is 0 Å². The van der Waals surface area contributed by atoms with Crippen LogP contribution >= 0.6 is 11.3 Å². The number of nitrogens with one attached hydrogen (secondary N) is 2. The van der Waals surface area contributed by atoms with Gasteiger partial charge in [-0.15, -0.1) is 11.3 Å². The van der Waals surface area contributed by atoms with Gasteiger partial charge in [-0.2, -0.15) is 0 Å². The lowest BCUT2D eigenvalue weighted by molar-refractivity contribution is 0.0935. The summed E-state index contributed by atoms with van der Waals surface area (Å²) in [6, 6.07) is 0.268. The highest BCUT2D eigenvalue weighted by Gasteiger charge is 2.18. The molecule has 14 heavy (non-hydrogen) atoms. The van der Waals surface area contributed by atoms with Crippen LogP contribution < -0.4 is 10.6 Å². The van der Waals surface area contributed by atoms with Crippen molar-refractivity contribution in [2.45, 2.75) is 19.4 Å². The molecule has 1 saturated heterocycles. The van der Waals surface area contributed by atoms with Gasteiger partial charge in [0.1, 0.15) is 5.69 Å². The molecule has 2 heterocycles. The van der Waals surface area contributed by atoms with Gasteiger partial charge in [0.15, 0.2) is 0 Å². The summed E-state index contributed by atoms with van der Waals surface area (Å²) < 4.78 is 0. The maximum atomic E-state index is 11.6. The minimum atomic E-state index is -0.0527. The van der Waals surface area contributed by atoms with Crippen molar-refractivity contribution in [3.8, 4) is 0 Å². The fourth-order valence-corrected chi connectivity index (χ4v) is 2.10. The first-order valence-corrected chi connectivity index (χ1v) is 5.57. The Hall–Kier alpha value is -0.940. The molecular weight excluding hydrogens is 198 g/mol. The van der Waals surface area contributed by atoms with Gasteiger partial charge < -0.3 is 10.6 Å². The van der Waals surface area contributed by atoms with Crippen molar-refractivity contribution in [1.29, 1.82) is 0 Å². The third kappa shape index (κ3) is 2.10. The number of aryl methyl sites for hydroxylation is 1. The van der Waals surface area contributed by atoms with E-state index in [1.807, 2.05) is 6.92 Å². The molecule has 1 aromatic rings. The zero-order valence-corrected chi connectivity index (χ0v) is 8.86. The molecule has 5 heteroatoms.